The Balaban J connectivity index is 2.94. The van der Waals surface area contributed by atoms with Crippen molar-refractivity contribution in [3.05, 3.63) is 23.8 Å². The molecule has 0 saturated heterocycles. The molecule has 5 nitrogen and oxygen atoms in total. The number of anilines is 1. The summed E-state index contributed by atoms with van der Waals surface area (Å²) in [6.07, 6.45) is 0. The number of methoxy groups -OCH3 is 1. The lowest BCUT2D eigenvalue weighted by Gasteiger charge is -2.26. The molecule has 0 aliphatic carbocycles. The highest BCUT2D eigenvalue weighted by molar-refractivity contribution is 6.02. The third-order valence-electron chi connectivity index (χ3n) is 3.19. The molecular formula is C15H25N3O2. The Kier molecular flexibility index (Phi) is 5.82. The van der Waals surface area contributed by atoms with E-state index in [4.69, 9.17) is 10.5 Å². The second-order valence-corrected chi connectivity index (χ2v) is 5.51. The fraction of sp³-hybridized carbons (Fsp3) is 0.533. The maximum Gasteiger partial charge on any atom is 0.257 e. The Hall–Kier alpha value is -1.75. The van der Waals surface area contributed by atoms with Gasteiger partial charge >= 0.3 is 0 Å². The van der Waals surface area contributed by atoms with Crippen LogP contribution in [0, 0.1) is 5.92 Å². The van der Waals surface area contributed by atoms with Crippen LogP contribution in [0.1, 0.15) is 24.2 Å². The summed E-state index contributed by atoms with van der Waals surface area (Å²) in [5.41, 5.74) is 6.73. The van der Waals surface area contributed by atoms with Crippen molar-refractivity contribution >= 4 is 11.6 Å². The molecule has 1 amide bonds. The van der Waals surface area contributed by atoms with E-state index in [1.807, 2.05) is 14.1 Å². The van der Waals surface area contributed by atoms with Crippen LogP contribution >= 0.6 is 0 Å². The smallest absolute Gasteiger partial charge is 0.257 e. The average Bonchev–Trinajstić information content (AvgIpc) is 2.36. The lowest BCUT2D eigenvalue weighted by Crippen LogP contribution is -2.45. The summed E-state index contributed by atoms with van der Waals surface area (Å²) in [6, 6.07) is 5.27. The zero-order chi connectivity index (χ0) is 15.3. The van der Waals surface area contributed by atoms with E-state index in [9.17, 15) is 4.79 Å². The van der Waals surface area contributed by atoms with Gasteiger partial charge in [-0.05, 0) is 32.1 Å². The maximum atomic E-state index is 12.5. The number of nitrogens with one attached hydrogen (secondary N) is 1. The third-order valence-corrected chi connectivity index (χ3v) is 3.19. The molecular weight excluding hydrogens is 254 g/mol. The fourth-order valence-corrected chi connectivity index (χ4v) is 2.02. The number of hydrogen-bond donors (Lipinski definition) is 2. The first kappa shape index (κ1) is 16.3. The number of hydrogen-bond acceptors (Lipinski definition) is 4. The molecule has 0 aliphatic heterocycles. The van der Waals surface area contributed by atoms with Crippen molar-refractivity contribution in [1.82, 2.24) is 10.2 Å². The quantitative estimate of drug-likeness (QED) is 0.776. The van der Waals surface area contributed by atoms with E-state index < -0.39 is 0 Å². The van der Waals surface area contributed by atoms with Gasteiger partial charge in [0, 0.05) is 18.3 Å². The van der Waals surface area contributed by atoms with Crippen LogP contribution < -0.4 is 15.8 Å². The van der Waals surface area contributed by atoms with E-state index in [1.54, 1.807) is 18.2 Å². The number of rotatable bonds is 6. The molecule has 1 atom stereocenters. The summed E-state index contributed by atoms with van der Waals surface area (Å²) in [7, 11) is 5.50. The van der Waals surface area contributed by atoms with Gasteiger partial charge in [0.05, 0.1) is 7.11 Å². The highest BCUT2D eigenvalue weighted by Gasteiger charge is 2.21. The molecule has 112 valence electrons. The van der Waals surface area contributed by atoms with Crippen LogP contribution in [0.25, 0.3) is 0 Å². The van der Waals surface area contributed by atoms with Crippen molar-refractivity contribution in [1.29, 1.82) is 0 Å². The first-order chi connectivity index (χ1) is 9.36. The molecule has 1 unspecified atom stereocenters. The van der Waals surface area contributed by atoms with E-state index in [0.29, 0.717) is 22.9 Å². The minimum Gasteiger partial charge on any atom is -0.496 e. The molecule has 0 spiro atoms. The summed E-state index contributed by atoms with van der Waals surface area (Å²) in [5, 5.41) is 3.04. The molecule has 0 bridgehead atoms. The Morgan fingerprint density at radius 3 is 2.55 bits per heavy atom. The molecule has 0 heterocycles. The second kappa shape index (κ2) is 7.14. The number of nitrogens with two attached hydrogens (primary N) is 1. The predicted molar refractivity (Wildman–Crippen MR) is 82.1 cm³/mol. The van der Waals surface area contributed by atoms with Crippen molar-refractivity contribution in [2.75, 3.05) is 33.5 Å². The van der Waals surface area contributed by atoms with Crippen molar-refractivity contribution in [3.63, 3.8) is 0 Å². The van der Waals surface area contributed by atoms with Crippen LogP contribution in [0.5, 0.6) is 5.75 Å². The Bertz CT molecular complexity index is 458. The standard InChI is InChI=1S/C15H25N3O2/c1-10(2)12(9-18(3)4)17-15(19)14-11(16)7-6-8-13(14)20-5/h6-8,10,12H,9,16H2,1-5H3,(H,17,19). The van der Waals surface area contributed by atoms with E-state index in [2.05, 4.69) is 24.1 Å². The molecule has 0 aliphatic rings. The van der Waals surface area contributed by atoms with E-state index in [1.165, 1.54) is 7.11 Å². The summed E-state index contributed by atoms with van der Waals surface area (Å²) in [4.78, 5) is 14.5. The van der Waals surface area contributed by atoms with E-state index in [-0.39, 0.29) is 11.9 Å². The number of carbonyl (C=O) groups is 1. The lowest BCUT2D eigenvalue weighted by molar-refractivity contribution is 0.0914. The van der Waals surface area contributed by atoms with Crippen LogP contribution in [0.2, 0.25) is 0 Å². The maximum absolute atomic E-state index is 12.5. The van der Waals surface area contributed by atoms with Gasteiger partial charge in [0.15, 0.2) is 0 Å². The second-order valence-electron chi connectivity index (χ2n) is 5.51. The average molecular weight is 279 g/mol. The molecule has 0 aromatic heterocycles. The van der Waals surface area contributed by atoms with Crippen molar-refractivity contribution < 1.29 is 9.53 Å². The minimum atomic E-state index is -0.194. The fourth-order valence-electron chi connectivity index (χ4n) is 2.02. The zero-order valence-electron chi connectivity index (χ0n) is 12.9. The van der Waals surface area contributed by atoms with E-state index >= 15 is 0 Å². The van der Waals surface area contributed by atoms with Gasteiger partial charge in [0.25, 0.3) is 5.91 Å². The van der Waals surface area contributed by atoms with Crippen molar-refractivity contribution in [3.8, 4) is 5.75 Å². The Morgan fingerprint density at radius 2 is 2.05 bits per heavy atom. The first-order valence-corrected chi connectivity index (χ1v) is 6.74. The molecule has 1 aromatic carbocycles. The van der Waals surface area contributed by atoms with Gasteiger partial charge in [0.1, 0.15) is 11.3 Å². The number of amides is 1. The summed E-state index contributed by atoms with van der Waals surface area (Å²) in [6.45, 7) is 4.94. The van der Waals surface area contributed by atoms with Crippen LogP contribution in [0.3, 0.4) is 0 Å². The van der Waals surface area contributed by atoms with Crippen LogP contribution in [-0.2, 0) is 0 Å². The number of nitrogen functional groups attached to an aromatic ring is 1. The van der Waals surface area contributed by atoms with Gasteiger partial charge in [-0.15, -0.1) is 0 Å². The van der Waals surface area contributed by atoms with Crippen molar-refractivity contribution in [2.45, 2.75) is 19.9 Å². The molecule has 1 aromatic rings. The number of likely N-dealkylation sites (N-methyl/N-ethyl adjacent to an activating group) is 1. The normalized spacial score (nSPS) is 12.6. The first-order valence-electron chi connectivity index (χ1n) is 6.74. The van der Waals surface area contributed by atoms with Crippen LogP contribution in [0.15, 0.2) is 18.2 Å². The highest BCUT2D eigenvalue weighted by Crippen LogP contribution is 2.24. The zero-order valence-corrected chi connectivity index (χ0v) is 12.9. The largest absolute Gasteiger partial charge is 0.496 e. The molecule has 3 N–H and O–H groups in total. The predicted octanol–water partition coefficient (Wildman–Crippen LogP) is 1.59. The number of nitrogens with zero attached hydrogens (tertiary/aromatic N) is 1. The van der Waals surface area contributed by atoms with Crippen molar-refractivity contribution in [2.24, 2.45) is 5.92 Å². The lowest BCUT2D eigenvalue weighted by atomic mass is 10.0. The molecule has 5 heteroatoms. The summed E-state index contributed by atoms with van der Waals surface area (Å²) < 4.78 is 5.22. The number of carbonyl (C=O) groups excluding carboxylic acids is 1. The summed E-state index contributed by atoms with van der Waals surface area (Å²) in [5.74, 6) is 0.632. The molecule has 0 radical (unpaired) electrons. The van der Waals surface area contributed by atoms with Gasteiger partial charge in [-0.2, -0.15) is 0 Å². The molecule has 20 heavy (non-hydrogen) atoms. The van der Waals surface area contributed by atoms with Gasteiger partial charge in [0.2, 0.25) is 0 Å². The van der Waals surface area contributed by atoms with Gasteiger partial charge < -0.3 is 20.7 Å². The number of ether oxygens (including phenoxy) is 1. The van der Waals surface area contributed by atoms with Gasteiger partial charge in [-0.25, -0.2) is 0 Å². The van der Waals surface area contributed by atoms with Gasteiger partial charge in [-0.1, -0.05) is 19.9 Å². The topological polar surface area (TPSA) is 67.6 Å². The van der Waals surface area contributed by atoms with Gasteiger partial charge in [-0.3, -0.25) is 4.79 Å². The Morgan fingerprint density at radius 1 is 1.40 bits per heavy atom. The van der Waals surface area contributed by atoms with E-state index in [0.717, 1.165) is 6.54 Å². The SMILES string of the molecule is COc1cccc(N)c1C(=O)NC(CN(C)C)C(C)C. The molecule has 0 saturated carbocycles. The monoisotopic (exact) mass is 279 g/mol. The number of benzene rings is 1. The highest BCUT2D eigenvalue weighted by atomic mass is 16.5. The Labute approximate surface area is 121 Å². The molecule has 1 rings (SSSR count). The van der Waals surface area contributed by atoms with Crippen LogP contribution in [0.4, 0.5) is 5.69 Å². The molecule has 0 fully saturated rings. The summed E-state index contributed by atoms with van der Waals surface area (Å²) >= 11 is 0. The third kappa shape index (κ3) is 4.13. The minimum absolute atomic E-state index is 0.0572. The van der Waals surface area contributed by atoms with Crippen LogP contribution in [-0.4, -0.2) is 44.6 Å².